The molecule has 452 valence electrons. The maximum absolute atomic E-state index is 12.8. The van der Waals surface area contributed by atoms with Crippen LogP contribution < -0.4 is 0 Å². The van der Waals surface area contributed by atoms with Gasteiger partial charge in [0, 0.05) is 19.3 Å². The van der Waals surface area contributed by atoms with Crippen LogP contribution in [0.5, 0.6) is 0 Å². The molecule has 0 bridgehead atoms. The smallest absolute Gasteiger partial charge is 0.306 e. The predicted molar refractivity (Wildman–Crippen MR) is 343 cm³/mol. The average Bonchev–Trinajstić information content (AvgIpc) is 3.45. The highest BCUT2D eigenvalue weighted by atomic mass is 16.6. The molecule has 0 rings (SSSR count). The van der Waals surface area contributed by atoms with E-state index in [4.69, 9.17) is 14.2 Å². The fraction of sp³-hybridized carbons (Fsp3) is 0.712. The Labute approximate surface area is 489 Å². The fourth-order valence-corrected chi connectivity index (χ4v) is 9.35. The van der Waals surface area contributed by atoms with Gasteiger partial charge in [-0.2, -0.15) is 0 Å². The second-order valence-electron chi connectivity index (χ2n) is 22.0. The fourth-order valence-electron chi connectivity index (χ4n) is 9.35. The standard InChI is InChI=1S/C73H124O6/c1-4-7-10-13-15-17-19-21-23-25-27-29-31-32-33-34-35-36-37-38-39-40-42-43-45-47-49-51-53-55-57-60-63-66-72(75)78-69-70(68-77-71(74)65-62-59-12-9-6-3)79-73(76)67-64-61-58-56-54-52-50-48-46-44-41-30-28-26-24-22-20-18-16-14-11-8-5-2/h7-8,10-11,15-18,21-24,27-30,32-33,70H,4-6,9,12-14,19-20,25-26,31,34-69H2,1-3H3/b10-7-,11-8-,17-15-,18-16-,23-21-,24-22-,29-27-,30-28-,33-32-. The van der Waals surface area contributed by atoms with E-state index < -0.39 is 6.10 Å². The van der Waals surface area contributed by atoms with Crippen molar-refractivity contribution in [3.8, 4) is 0 Å². The SMILES string of the molecule is CC/C=C\C/C=C\C/C=C\C/C=C\C/C=C\CCCCCCCCCCCCCCCCCCCC(=O)OCC(COC(=O)CCCCCCC)OC(=O)CCCCCCCCCCCC/C=C\C/C=C\C/C=C\C/C=C\CC. The van der Waals surface area contributed by atoms with Crippen molar-refractivity contribution < 1.29 is 28.6 Å². The molecule has 1 unspecified atom stereocenters. The summed E-state index contributed by atoms with van der Waals surface area (Å²) in [6, 6.07) is 0. The van der Waals surface area contributed by atoms with Crippen molar-refractivity contribution in [1.82, 2.24) is 0 Å². The molecule has 0 saturated heterocycles. The molecule has 0 radical (unpaired) electrons. The number of unbranched alkanes of at least 4 members (excludes halogenated alkanes) is 31. The van der Waals surface area contributed by atoms with Crippen molar-refractivity contribution in [2.45, 2.75) is 322 Å². The van der Waals surface area contributed by atoms with E-state index in [0.717, 1.165) is 122 Å². The van der Waals surface area contributed by atoms with Crippen molar-refractivity contribution >= 4 is 17.9 Å². The van der Waals surface area contributed by atoms with Gasteiger partial charge in [0.25, 0.3) is 0 Å². The van der Waals surface area contributed by atoms with E-state index in [0.29, 0.717) is 19.3 Å². The van der Waals surface area contributed by atoms with Gasteiger partial charge in [0.05, 0.1) is 0 Å². The highest BCUT2D eigenvalue weighted by Gasteiger charge is 2.19. The molecular weight excluding hydrogens is 973 g/mol. The lowest BCUT2D eigenvalue weighted by atomic mass is 10.0. The van der Waals surface area contributed by atoms with Crippen molar-refractivity contribution in [3.05, 3.63) is 109 Å². The third-order valence-corrected chi connectivity index (χ3v) is 14.3. The largest absolute Gasteiger partial charge is 0.462 e. The number of rotatable bonds is 60. The van der Waals surface area contributed by atoms with E-state index in [1.807, 2.05) is 0 Å². The Morgan fingerprint density at radius 3 is 0.772 bits per heavy atom. The van der Waals surface area contributed by atoms with E-state index >= 15 is 0 Å². The van der Waals surface area contributed by atoms with Gasteiger partial charge in [0.15, 0.2) is 6.10 Å². The first-order valence-electron chi connectivity index (χ1n) is 33.4. The number of allylic oxidation sites excluding steroid dienone is 18. The lowest BCUT2D eigenvalue weighted by Gasteiger charge is -2.18. The van der Waals surface area contributed by atoms with E-state index in [9.17, 15) is 14.4 Å². The second kappa shape index (κ2) is 66.6. The normalized spacial score (nSPS) is 12.8. The number of carbonyl (C=O) groups excluding carboxylic acids is 3. The van der Waals surface area contributed by atoms with E-state index in [1.165, 1.54) is 154 Å². The minimum Gasteiger partial charge on any atom is -0.462 e. The third kappa shape index (κ3) is 64.8. The number of esters is 3. The van der Waals surface area contributed by atoms with Gasteiger partial charge in [0.1, 0.15) is 13.2 Å². The minimum absolute atomic E-state index is 0.0771. The number of hydrogen-bond donors (Lipinski definition) is 0. The zero-order valence-corrected chi connectivity index (χ0v) is 51.9. The molecule has 0 aliphatic rings. The maximum Gasteiger partial charge on any atom is 0.306 e. The van der Waals surface area contributed by atoms with Gasteiger partial charge in [-0.1, -0.05) is 304 Å². The molecule has 0 heterocycles. The summed E-state index contributed by atoms with van der Waals surface area (Å²) in [5.41, 5.74) is 0. The van der Waals surface area contributed by atoms with Crippen molar-refractivity contribution in [2.75, 3.05) is 13.2 Å². The summed E-state index contributed by atoms with van der Waals surface area (Å²) < 4.78 is 16.8. The molecule has 0 fully saturated rings. The minimum atomic E-state index is -0.777. The highest BCUT2D eigenvalue weighted by molar-refractivity contribution is 5.71. The van der Waals surface area contributed by atoms with E-state index in [-0.39, 0.29) is 31.1 Å². The Morgan fingerprint density at radius 2 is 0.494 bits per heavy atom. The second-order valence-corrected chi connectivity index (χ2v) is 22.0. The lowest BCUT2D eigenvalue weighted by molar-refractivity contribution is -0.167. The van der Waals surface area contributed by atoms with Crippen LogP contribution in [-0.4, -0.2) is 37.2 Å². The van der Waals surface area contributed by atoms with Crippen molar-refractivity contribution in [1.29, 1.82) is 0 Å². The molecule has 0 aromatic carbocycles. The molecule has 0 saturated carbocycles. The first-order chi connectivity index (χ1) is 39.0. The molecule has 0 aromatic heterocycles. The highest BCUT2D eigenvalue weighted by Crippen LogP contribution is 2.17. The molecule has 0 spiro atoms. The number of carbonyl (C=O) groups is 3. The van der Waals surface area contributed by atoms with Gasteiger partial charge in [-0.25, -0.2) is 0 Å². The quantitative estimate of drug-likeness (QED) is 0.0261. The van der Waals surface area contributed by atoms with Gasteiger partial charge in [-0.3, -0.25) is 14.4 Å². The first kappa shape index (κ1) is 75.1. The van der Waals surface area contributed by atoms with Crippen LogP contribution in [0.3, 0.4) is 0 Å². The summed E-state index contributed by atoms with van der Waals surface area (Å²) >= 11 is 0. The molecule has 0 N–H and O–H groups in total. The molecule has 0 aromatic rings. The van der Waals surface area contributed by atoms with Crippen LogP contribution in [0.2, 0.25) is 0 Å². The molecule has 6 heteroatoms. The topological polar surface area (TPSA) is 78.9 Å². The number of ether oxygens (including phenoxy) is 3. The summed E-state index contributed by atoms with van der Waals surface area (Å²) in [6.07, 6.45) is 91.6. The molecule has 6 nitrogen and oxygen atoms in total. The van der Waals surface area contributed by atoms with Gasteiger partial charge in [-0.05, 0) is 103 Å². The summed E-state index contributed by atoms with van der Waals surface area (Å²) in [6.45, 7) is 6.35. The van der Waals surface area contributed by atoms with Gasteiger partial charge < -0.3 is 14.2 Å². The number of hydrogen-bond acceptors (Lipinski definition) is 6. The molecular formula is C73H124O6. The molecule has 0 amide bonds. The van der Waals surface area contributed by atoms with Crippen LogP contribution in [0.4, 0.5) is 0 Å². The van der Waals surface area contributed by atoms with Gasteiger partial charge in [0.2, 0.25) is 0 Å². The van der Waals surface area contributed by atoms with E-state index in [2.05, 4.69) is 130 Å². The van der Waals surface area contributed by atoms with Crippen LogP contribution in [0.25, 0.3) is 0 Å². The zero-order valence-electron chi connectivity index (χ0n) is 51.9. The average molecular weight is 1100 g/mol. The Kier molecular flexibility index (Phi) is 63.3. The Bertz CT molecular complexity index is 1590. The summed E-state index contributed by atoms with van der Waals surface area (Å²) in [4.78, 5) is 38.0. The van der Waals surface area contributed by atoms with Gasteiger partial charge in [-0.15, -0.1) is 0 Å². The van der Waals surface area contributed by atoms with Crippen LogP contribution >= 0.6 is 0 Å². The van der Waals surface area contributed by atoms with Crippen LogP contribution in [-0.2, 0) is 28.6 Å². The predicted octanol–water partition coefficient (Wildman–Crippen LogP) is 23.0. The van der Waals surface area contributed by atoms with Crippen molar-refractivity contribution in [3.63, 3.8) is 0 Å². The monoisotopic (exact) mass is 1100 g/mol. The lowest BCUT2D eigenvalue weighted by Crippen LogP contribution is -2.30. The maximum atomic E-state index is 12.8. The summed E-state index contributed by atoms with van der Waals surface area (Å²) in [5, 5.41) is 0. The van der Waals surface area contributed by atoms with Crippen LogP contribution in [0, 0.1) is 0 Å². The van der Waals surface area contributed by atoms with Crippen LogP contribution in [0.1, 0.15) is 316 Å². The molecule has 0 aliphatic heterocycles. The first-order valence-corrected chi connectivity index (χ1v) is 33.4. The molecule has 1 atom stereocenters. The van der Waals surface area contributed by atoms with Crippen molar-refractivity contribution in [2.24, 2.45) is 0 Å². The molecule has 79 heavy (non-hydrogen) atoms. The van der Waals surface area contributed by atoms with Crippen LogP contribution in [0.15, 0.2) is 109 Å². The Balaban J connectivity index is 3.98. The Morgan fingerprint density at radius 1 is 0.266 bits per heavy atom. The Hall–Kier alpha value is -3.93. The third-order valence-electron chi connectivity index (χ3n) is 14.3. The summed E-state index contributed by atoms with van der Waals surface area (Å²) in [7, 11) is 0. The van der Waals surface area contributed by atoms with Gasteiger partial charge >= 0.3 is 17.9 Å². The molecule has 0 aliphatic carbocycles. The summed E-state index contributed by atoms with van der Waals surface area (Å²) in [5.74, 6) is -0.886. The zero-order chi connectivity index (χ0) is 57.1. The van der Waals surface area contributed by atoms with E-state index in [1.54, 1.807) is 0 Å².